The van der Waals surface area contributed by atoms with Crippen molar-refractivity contribution in [2.75, 3.05) is 0 Å². The van der Waals surface area contributed by atoms with Gasteiger partial charge in [0.2, 0.25) is 0 Å². The van der Waals surface area contributed by atoms with E-state index in [0.717, 1.165) is 5.56 Å². The predicted octanol–water partition coefficient (Wildman–Crippen LogP) is 1.04. The smallest absolute Gasteiger partial charge is 0.303 e. The molecule has 0 saturated heterocycles. The minimum absolute atomic E-state index is 0.0682. The van der Waals surface area contributed by atoms with Crippen molar-refractivity contribution in [1.29, 1.82) is 0 Å². The lowest BCUT2D eigenvalue weighted by atomic mass is 10.1. The summed E-state index contributed by atoms with van der Waals surface area (Å²) in [4.78, 5) is 10.3. The average molecular weight is 248 g/mol. The number of carbonyl (C=O) groups is 1. The Kier molecular flexibility index (Phi) is 3.44. The van der Waals surface area contributed by atoms with Gasteiger partial charge >= 0.3 is 5.97 Å². The highest BCUT2D eigenvalue weighted by Gasteiger charge is 2.12. The number of hydrogen-bond acceptors (Lipinski definition) is 3. The molecule has 1 aromatic heterocycles. The summed E-state index contributed by atoms with van der Waals surface area (Å²) in [5.41, 5.74) is 6.54. The van der Waals surface area contributed by atoms with Gasteiger partial charge in [-0.15, -0.1) is 0 Å². The summed E-state index contributed by atoms with van der Waals surface area (Å²) in [6, 6.07) is -0.288. The minimum Gasteiger partial charge on any atom is -0.481 e. The molecule has 1 heterocycles. The van der Waals surface area contributed by atoms with E-state index in [1.54, 1.807) is 6.20 Å². The van der Waals surface area contributed by atoms with Crippen LogP contribution in [0.5, 0.6) is 0 Å². The Morgan fingerprint density at radius 2 is 2.54 bits per heavy atom. The van der Waals surface area contributed by atoms with Gasteiger partial charge in [0, 0.05) is 18.0 Å². The van der Waals surface area contributed by atoms with E-state index in [0.29, 0.717) is 11.0 Å². The van der Waals surface area contributed by atoms with Crippen molar-refractivity contribution in [3.05, 3.63) is 16.4 Å². The van der Waals surface area contributed by atoms with E-state index < -0.39 is 5.97 Å². The standard InChI is InChI=1S/C7H10BrN3O2/c8-7-4(3-10-11-7)5(9)1-2-6(12)13/h3,5H,1-2,9H2,(H,10,11)(H,12,13). The van der Waals surface area contributed by atoms with Crippen LogP contribution in [0.1, 0.15) is 24.4 Å². The van der Waals surface area contributed by atoms with Crippen LogP contribution in [0.3, 0.4) is 0 Å². The number of rotatable bonds is 4. The van der Waals surface area contributed by atoms with E-state index in [1.807, 2.05) is 0 Å². The van der Waals surface area contributed by atoms with Crippen molar-refractivity contribution in [1.82, 2.24) is 10.2 Å². The molecule has 0 spiro atoms. The number of nitrogens with zero attached hydrogens (tertiary/aromatic N) is 1. The monoisotopic (exact) mass is 247 g/mol. The van der Waals surface area contributed by atoms with Gasteiger partial charge in [0.15, 0.2) is 0 Å². The molecule has 1 atom stereocenters. The van der Waals surface area contributed by atoms with Gasteiger partial charge in [0.1, 0.15) is 4.60 Å². The number of nitrogens with one attached hydrogen (secondary N) is 1. The molecule has 0 fully saturated rings. The van der Waals surface area contributed by atoms with Gasteiger partial charge in [-0.3, -0.25) is 9.89 Å². The van der Waals surface area contributed by atoms with Crippen LogP contribution in [0.2, 0.25) is 0 Å². The highest BCUT2D eigenvalue weighted by molar-refractivity contribution is 9.10. The predicted molar refractivity (Wildman–Crippen MR) is 50.1 cm³/mol. The zero-order valence-electron chi connectivity index (χ0n) is 6.83. The molecule has 0 amide bonds. The molecular weight excluding hydrogens is 238 g/mol. The third-order valence-corrected chi connectivity index (χ3v) is 2.32. The number of aliphatic carboxylic acids is 1. The molecule has 72 valence electrons. The van der Waals surface area contributed by atoms with Crippen molar-refractivity contribution in [3.8, 4) is 0 Å². The molecule has 0 saturated carbocycles. The van der Waals surface area contributed by atoms with Crippen LogP contribution in [0.15, 0.2) is 10.8 Å². The van der Waals surface area contributed by atoms with E-state index in [4.69, 9.17) is 10.8 Å². The maximum absolute atomic E-state index is 10.3. The lowest BCUT2D eigenvalue weighted by Crippen LogP contribution is -2.12. The number of carboxylic acids is 1. The molecule has 1 aromatic rings. The molecule has 0 aliphatic rings. The fourth-order valence-electron chi connectivity index (χ4n) is 0.973. The molecule has 1 rings (SSSR count). The summed E-state index contributed by atoms with van der Waals surface area (Å²) in [6.45, 7) is 0. The first-order valence-corrected chi connectivity index (χ1v) is 4.56. The lowest BCUT2D eigenvalue weighted by molar-refractivity contribution is -0.137. The fraction of sp³-hybridized carbons (Fsp3) is 0.429. The second-order valence-electron chi connectivity index (χ2n) is 2.68. The first kappa shape index (κ1) is 10.2. The molecule has 0 aromatic carbocycles. The fourth-order valence-corrected chi connectivity index (χ4v) is 1.47. The number of nitrogens with two attached hydrogens (primary N) is 1. The molecule has 1 unspecified atom stereocenters. The Morgan fingerprint density at radius 3 is 3.00 bits per heavy atom. The third-order valence-electron chi connectivity index (χ3n) is 1.69. The summed E-state index contributed by atoms with van der Waals surface area (Å²) in [7, 11) is 0. The van der Waals surface area contributed by atoms with Gasteiger partial charge in [-0.05, 0) is 22.4 Å². The van der Waals surface area contributed by atoms with Crippen LogP contribution in [-0.2, 0) is 4.79 Å². The Morgan fingerprint density at radius 1 is 1.85 bits per heavy atom. The zero-order valence-corrected chi connectivity index (χ0v) is 8.41. The van der Waals surface area contributed by atoms with Crippen LogP contribution in [-0.4, -0.2) is 21.3 Å². The van der Waals surface area contributed by atoms with Crippen LogP contribution < -0.4 is 5.73 Å². The van der Waals surface area contributed by atoms with Gasteiger partial charge in [0.25, 0.3) is 0 Å². The number of H-pyrrole nitrogens is 1. The van der Waals surface area contributed by atoms with Gasteiger partial charge < -0.3 is 10.8 Å². The number of carboxylic acid groups (broad SMARTS) is 1. The number of aromatic nitrogens is 2. The largest absolute Gasteiger partial charge is 0.481 e. The molecular formula is C7H10BrN3O2. The molecule has 0 radical (unpaired) electrons. The van der Waals surface area contributed by atoms with Crippen molar-refractivity contribution in [3.63, 3.8) is 0 Å². The molecule has 13 heavy (non-hydrogen) atoms. The second-order valence-corrected chi connectivity index (χ2v) is 3.47. The Labute approximate surface area is 83.5 Å². The van der Waals surface area contributed by atoms with Crippen LogP contribution in [0.4, 0.5) is 0 Å². The molecule has 0 aliphatic carbocycles. The van der Waals surface area contributed by atoms with E-state index in [-0.39, 0.29) is 12.5 Å². The summed E-state index contributed by atoms with van der Waals surface area (Å²) < 4.78 is 0.713. The quantitative estimate of drug-likeness (QED) is 0.742. The van der Waals surface area contributed by atoms with Crippen molar-refractivity contribution >= 4 is 21.9 Å². The number of hydrogen-bond donors (Lipinski definition) is 3. The zero-order chi connectivity index (χ0) is 9.84. The van der Waals surface area contributed by atoms with Gasteiger partial charge in [-0.2, -0.15) is 5.10 Å². The second kappa shape index (κ2) is 4.38. The topological polar surface area (TPSA) is 92.0 Å². The highest BCUT2D eigenvalue weighted by Crippen LogP contribution is 2.21. The van der Waals surface area contributed by atoms with E-state index in [2.05, 4.69) is 26.1 Å². The normalized spacial score (nSPS) is 12.8. The van der Waals surface area contributed by atoms with Crippen LogP contribution in [0.25, 0.3) is 0 Å². The Balaban J connectivity index is 2.53. The average Bonchev–Trinajstić information content (AvgIpc) is 2.47. The molecule has 0 aliphatic heterocycles. The first-order chi connectivity index (χ1) is 6.11. The molecule has 6 heteroatoms. The maximum atomic E-state index is 10.3. The first-order valence-electron chi connectivity index (χ1n) is 3.77. The summed E-state index contributed by atoms with van der Waals surface area (Å²) in [5, 5.41) is 14.9. The lowest BCUT2D eigenvalue weighted by Gasteiger charge is -2.07. The SMILES string of the molecule is NC(CCC(=O)O)c1cn[nH]c1Br. The maximum Gasteiger partial charge on any atom is 0.303 e. The number of halogens is 1. The van der Waals surface area contributed by atoms with E-state index in [1.165, 1.54) is 0 Å². The highest BCUT2D eigenvalue weighted by atomic mass is 79.9. The minimum atomic E-state index is -0.838. The van der Waals surface area contributed by atoms with Gasteiger partial charge in [-0.25, -0.2) is 0 Å². The van der Waals surface area contributed by atoms with Gasteiger partial charge in [0.05, 0.1) is 6.20 Å². The third kappa shape index (κ3) is 2.82. The van der Waals surface area contributed by atoms with Crippen molar-refractivity contribution in [2.24, 2.45) is 5.73 Å². The van der Waals surface area contributed by atoms with E-state index in [9.17, 15) is 4.79 Å². The van der Waals surface area contributed by atoms with Crippen molar-refractivity contribution < 1.29 is 9.90 Å². The summed E-state index contributed by atoms with van der Waals surface area (Å²) in [5.74, 6) is -0.838. The van der Waals surface area contributed by atoms with Crippen LogP contribution >= 0.6 is 15.9 Å². The summed E-state index contributed by atoms with van der Waals surface area (Å²) >= 11 is 3.23. The van der Waals surface area contributed by atoms with Crippen molar-refractivity contribution in [2.45, 2.75) is 18.9 Å². The van der Waals surface area contributed by atoms with E-state index >= 15 is 0 Å². The van der Waals surface area contributed by atoms with Crippen LogP contribution in [0, 0.1) is 0 Å². The number of aromatic amines is 1. The van der Waals surface area contributed by atoms with Gasteiger partial charge in [-0.1, -0.05) is 0 Å². The molecule has 4 N–H and O–H groups in total. The molecule has 5 nitrogen and oxygen atoms in total. The molecule has 0 bridgehead atoms. The summed E-state index contributed by atoms with van der Waals surface area (Å²) in [6.07, 6.45) is 2.07. The Bertz CT molecular complexity index is 300. The Hall–Kier alpha value is -0.880.